The van der Waals surface area contributed by atoms with Crippen LogP contribution in [0.3, 0.4) is 0 Å². The summed E-state index contributed by atoms with van der Waals surface area (Å²) < 4.78 is 4.83. The monoisotopic (exact) mass is 296 g/mol. The van der Waals surface area contributed by atoms with E-state index in [0.717, 1.165) is 0 Å². The SMILES string of the molecule is CCOC(=O)c1n[nH]nc1-c1cc([N+](=O)[O-])ccc1Cl. The van der Waals surface area contributed by atoms with E-state index in [1.165, 1.54) is 18.2 Å². The molecule has 0 atom stereocenters. The first kappa shape index (κ1) is 13.9. The van der Waals surface area contributed by atoms with Gasteiger partial charge in [0.2, 0.25) is 0 Å². The van der Waals surface area contributed by atoms with Gasteiger partial charge >= 0.3 is 5.97 Å². The third-order valence-electron chi connectivity index (χ3n) is 2.43. The predicted molar refractivity (Wildman–Crippen MR) is 69.4 cm³/mol. The molecular formula is C11H9ClN4O4. The molecular weight excluding hydrogens is 288 g/mol. The molecule has 0 aliphatic heterocycles. The number of non-ortho nitro benzene ring substituents is 1. The van der Waals surface area contributed by atoms with Crippen molar-refractivity contribution in [1.29, 1.82) is 0 Å². The van der Waals surface area contributed by atoms with Crippen LogP contribution in [-0.2, 0) is 4.74 Å². The average Bonchev–Trinajstić information content (AvgIpc) is 2.88. The van der Waals surface area contributed by atoms with Crippen molar-refractivity contribution in [3.05, 3.63) is 39.0 Å². The highest BCUT2D eigenvalue weighted by Crippen LogP contribution is 2.31. The van der Waals surface area contributed by atoms with Gasteiger partial charge in [-0.15, -0.1) is 5.10 Å². The topological polar surface area (TPSA) is 111 Å². The Balaban J connectivity index is 2.52. The number of esters is 1. The van der Waals surface area contributed by atoms with Gasteiger partial charge in [-0.1, -0.05) is 11.6 Å². The highest BCUT2D eigenvalue weighted by Gasteiger charge is 2.22. The molecule has 0 unspecified atom stereocenters. The number of ether oxygens (including phenoxy) is 1. The van der Waals surface area contributed by atoms with Crippen LogP contribution >= 0.6 is 11.6 Å². The number of halogens is 1. The zero-order chi connectivity index (χ0) is 14.7. The van der Waals surface area contributed by atoms with E-state index in [1.807, 2.05) is 0 Å². The first-order chi connectivity index (χ1) is 9.54. The minimum atomic E-state index is -0.682. The van der Waals surface area contributed by atoms with Gasteiger partial charge in [-0.3, -0.25) is 10.1 Å². The predicted octanol–water partition coefficient (Wildman–Crippen LogP) is 2.21. The van der Waals surface area contributed by atoms with E-state index >= 15 is 0 Å². The van der Waals surface area contributed by atoms with Crippen molar-refractivity contribution in [3.63, 3.8) is 0 Å². The molecule has 0 aliphatic carbocycles. The van der Waals surface area contributed by atoms with E-state index in [1.54, 1.807) is 6.92 Å². The number of nitrogens with one attached hydrogen (secondary N) is 1. The molecule has 2 aromatic rings. The minimum absolute atomic E-state index is 0.0748. The first-order valence-corrected chi connectivity index (χ1v) is 5.94. The molecule has 0 radical (unpaired) electrons. The molecule has 104 valence electrons. The Morgan fingerprint density at radius 1 is 1.50 bits per heavy atom. The number of nitro groups is 1. The van der Waals surface area contributed by atoms with Crippen LogP contribution in [-0.4, -0.2) is 32.9 Å². The van der Waals surface area contributed by atoms with Gasteiger partial charge < -0.3 is 4.74 Å². The molecule has 9 heteroatoms. The number of nitrogens with zero attached hydrogens (tertiary/aromatic N) is 3. The Bertz CT molecular complexity index is 670. The van der Waals surface area contributed by atoms with Crippen LogP contribution in [0.1, 0.15) is 17.4 Å². The van der Waals surface area contributed by atoms with Crippen LogP contribution in [0.25, 0.3) is 11.3 Å². The zero-order valence-electron chi connectivity index (χ0n) is 10.3. The van der Waals surface area contributed by atoms with Crippen molar-refractivity contribution in [2.24, 2.45) is 0 Å². The molecule has 8 nitrogen and oxygen atoms in total. The van der Waals surface area contributed by atoms with Gasteiger partial charge in [0.25, 0.3) is 5.69 Å². The van der Waals surface area contributed by atoms with E-state index in [-0.39, 0.29) is 34.3 Å². The summed E-state index contributed by atoms with van der Waals surface area (Å²) in [6.45, 7) is 1.83. The van der Waals surface area contributed by atoms with E-state index in [9.17, 15) is 14.9 Å². The Labute approximate surface area is 117 Å². The molecule has 1 heterocycles. The lowest BCUT2D eigenvalue weighted by Gasteiger charge is -2.03. The maximum absolute atomic E-state index is 11.7. The van der Waals surface area contributed by atoms with Gasteiger partial charge in [0.15, 0.2) is 5.69 Å². The van der Waals surface area contributed by atoms with Gasteiger partial charge in [-0.25, -0.2) is 4.79 Å². The molecule has 1 N–H and O–H groups in total. The molecule has 0 spiro atoms. The maximum atomic E-state index is 11.7. The van der Waals surface area contributed by atoms with Crippen molar-refractivity contribution in [2.45, 2.75) is 6.92 Å². The summed E-state index contributed by atoms with van der Waals surface area (Å²) in [4.78, 5) is 21.9. The summed E-state index contributed by atoms with van der Waals surface area (Å²) in [7, 11) is 0. The van der Waals surface area contributed by atoms with Crippen LogP contribution in [0.2, 0.25) is 5.02 Å². The summed E-state index contributed by atoms with van der Waals surface area (Å²) in [6, 6.07) is 3.84. The third-order valence-corrected chi connectivity index (χ3v) is 2.76. The second-order valence-corrected chi connectivity index (χ2v) is 4.07. The Kier molecular flexibility index (Phi) is 3.94. The smallest absolute Gasteiger partial charge is 0.361 e. The third kappa shape index (κ3) is 2.59. The van der Waals surface area contributed by atoms with Crippen LogP contribution in [0, 0.1) is 10.1 Å². The van der Waals surface area contributed by atoms with E-state index in [0.29, 0.717) is 0 Å². The number of benzene rings is 1. The maximum Gasteiger partial charge on any atom is 0.361 e. The molecule has 0 saturated heterocycles. The summed E-state index contributed by atoms with van der Waals surface area (Å²) in [5.74, 6) is -0.682. The number of hydrogen-bond donors (Lipinski definition) is 1. The van der Waals surface area contributed by atoms with Crippen LogP contribution in [0.5, 0.6) is 0 Å². The Hall–Kier alpha value is -2.48. The molecule has 2 rings (SSSR count). The van der Waals surface area contributed by atoms with Gasteiger partial charge in [-0.2, -0.15) is 10.3 Å². The quantitative estimate of drug-likeness (QED) is 0.526. The van der Waals surface area contributed by atoms with E-state index in [4.69, 9.17) is 16.3 Å². The lowest BCUT2D eigenvalue weighted by molar-refractivity contribution is -0.384. The van der Waals surface area contributed by atoms with Crippen molar-refractivity contribution < 1.29 is 14.5 Å². The lowest BCUT2D eigenvalue weighted by atomic mass is 10.1. The number of carbonyl (C=O) groups excluding carboxylic acids is 1. The second-order valence-electron chi connectivity index (χ2n) is 3.66. The Morgan fingerprint density at radius 3 is 2.90 bits per heavy atom. The molecule has 1 aromatic heterocycles. The molecule has 20 heavy (non-hydrogen) atoms. The van der Waals surface area contributed by atoms with Crippen LogP contribution < -0.4 is 0 Å². The van der Waals surface area contributed by atoms with Gasteiger partial charge in [0, 0.05) is 17.7 Å². The normalized spacial score (nSPS) is 10.3. The number of aromatic amines is 1. The summed E-state index contributed by atoms with van der Waals surface area (Å²) in [6.07, 6.45) is 0. The molecule has 0 bridgehead atoms. The summed E-state index contributed by atoms with van der Waals surface area (Å²) in [5.41, 5.74) is 0.103. The minimum Gasteiger partial charge on any atom is -0.461 e. The largest absolute Gasteiger partial charge is 0.461 e. The number of hydrogen-bond acceptors (Lipinski definition) is 6. The number of carbonyl (C=O) groups is 1. The molecule has 1 aromatic carbocycles. The second kappa shape index (κ2) is 5.66. The van der Waals surface area contributed by atoms with Gasteiger partial charge in [0.1, 0.15) is 5.69 Å². The average molecular weight is 297 g/mol. The summed E-state index contributed by atoms with van der Waals surface area (Å²) >= 11 is 5.99. The number of H-pyrrole nitrogens is 1. The first-order valence-electron chi connectivity index (χ1n) is 5.56. The van der Waals surface area contributed by atoms with E-state index in [2.05, 4.69) is 15.4 Å². The fraction of sp³-hybridized carbons (Fsp3) is 0.182. The van der Waals surface area contributed by atoms with Crippen LogP contribution in [0.15, 0.2) is 18.2 Å². The zero-order valence-corrected chi connectivity index (χ0v) is 11.0. The highest BCUT2D eigenvalue weighted by molar-refractivity contribution is 6.33. The highest BCUT2D eigenvalue weighted by atomic mass is 35.5. The molecule has 0 aliphatic rings. The fourth-order valence-electron chi connectivity index (χ4n) is 1.57. The molecule has 0 amide bonds. The fourth-order valence-corrected chi connectivity index (χ4v) is 1.78. The Morgan fingerprint density at radius 2 is 2.25 bits per heavy atom. The van der Waals surface area contributed by atoms with Gasteiger partial charge in [0.05, 0.1) is 16.6 Å². The van der Waals surface area contributed by atoms with Crippen molar-refractivity contribution >= 4 is 23.3 Å². The van der Waals surface area contributed by atoms with Crippen molar-refractivity contribution in [1.82, 2.24) is 15.4 Å². The molecule has 0 fully saturated rings. The van der Waals surface area contributed by atoms with E-state index < -0.39 is 10.9 Å². The number of aromatic nitrogens is 3. The lowest BCUT2D eigenvalue weighted by Crippen LogP contribution is -2.07. The standard InChI is InChI=1S/C11H9ClN4O4/c1-2-20-11(17)10-9(13-15-14-10)7-5-6(16(18)19)3-4-8(7)12/h3-5H,2H2,1H3,(H,13,14,15). The van der Waals surface area contributed by atoms with Crippen LogP contribution in [0.4, 0.5) is 5.69 Å². The number of nitro benzene ring substituents is 1. The van der Waals surface area contributed by atoms with Crippen molar-refractivity contribution in [3.8, 4) is 11.3 Å². The summed E-state index contributed by atoms with van der Waals surface area (Å²) in [5, 5.41) is 20.8. The number of rotatable bonds is 4. The van der Waals surface area contributed by atoms with Crippen molar-refractivity contribution in [2.75, 3.05) is 6.61 Å². The van der Waals surface area contributed by atoms with Gasteiger partial charge in [-0.05, 0) is 13.0 Å². The molecule has 0 saturated carbocycles.